The van der Waals surface area contributed by atoms with E-state index in [1.165, 1.54) is 19.6 Å². The maximum Gasteiger partial charge on any atom is 0.216 e. The van der Waals surface area contributed by atoms with Crippen LogP contribution in [0.2, 0.25) is 0 Å². The van der Waals surface area contributed by atoms with Crippen molar-refractivity contribution in [3.8, 4) is 0 Å². The van der Waals surface area contributed by atoms with E-state index in [1.807, 2.05) is 0 Å². The van der Waals surface area contributed by atoms with Gasteiger partial charge in [0.05, 0.1) is 19.6 Å². The van der Waals surface area contributed by atoms with Crippen LogP contribution in [0, 0.1) is 14.8 Å². The van der Waals surface area contributed by atoms with Gasteiger partial charge in [-0.25, -0.2) is 0 Å². The van der Waals surface area contributed by atoms with Gasteiger partial charge in [0.2, 0.25) is 14.8 Å². The Labute approximate surface area is 73.3 Å². The van der Waals surface area contributed by atoms with Crippen LogP contribution in [0.15, 0.2) is 0 Å². The third kappa shape index (κ3) is 17.9. The molecule has 0 aromatic heterocycles. The lowest BCUT2D eigenvalue weighted by molar-refractivity contribution is -1.73. The summed E-state index contributed by atoms with van der Waals surface area (Å²) in [6, 6.07) is 0. The second-order valence-electron chi connectivity index (χ2n) is 2.00. The fourth-order valence-electron chi connectivity index (χ4n) is 0.750. The molecule has 0 rings (SSSR count). The van der Waals surface area contributed by atoms with E-state index in [0.29, 0.717) is 0 Å². The Morgan fingerprint density at radius 1 is 0.909 bits per heavy atom. The van der Waals surface area contributed by atoms with E-state index >= 15 is 0 Å². The molecule has 1 N–H and O–H groups in total. The molecule has 0 aliphatic heterocycles. The zero-order valence-electron chi connectivity index (χ0n) is 7.22. The standard InChI is InChI=1S/C6H15N.BrO3/c1-4-7(5-2)6-3;2-1(3)4/h4-6H2,1-3H3;/q;-1/p+1. The van der Waals surface area contributed by atoms with Crippen molar-refractivity contribution in [3.05, 3.63) is 0 Å². The Morgan fingerprint density at radius 3 is 1.09 bits per heavy atom. The van der Waals surface area contributed by atoms with E-state index in [0.717, 1.165) is 0 Å². The van der Waals surface area contributed by atoms with E-state index in [-0.39, 0.29) is 0 Å². The molecule has 0 fully saturated rings. The summed E-state index contributed by atoms with van der Waals surface area (Å²) in [6.07, 6.45) is 0. The van der Waals surface area contributed by atoms with Gasteiger partial charge in [-0.15, -0.1) is 0 Å². The van der Waals surface area contributed by atoms with Gasteiger partial charge >= 0.3 is 0 Å². The van der Waals surface area contributed by atoms with E-state index in [4.69, 9.17) is 12.6 Å². The fourth-order valence-corrected chi connectivity index (χ4v) is 0.750. The van der Waals surface area contributed by atoms with Crippen molar-refractivity contribution in [1.82, 2.24) is 0 Å². The molecule has 0 bridgehead atoms. The average Bonchev–Trinajstić information content (AvgIpc) is 1.90. The Kier molecular flexibility index (Phi) is 13.0. The largest absolute Gasteiger partial charge is 0.405 e. The van der Waals surface area contributed by atoms with Crippen LogP contribution in [0.4, 0.5) is 0 Å². The van der Waals surface area contributed by atoms with Crippen molar-refractivity contribution in [2.24, 2.45) is 0 Å². The lowest BCUT2D eigenvalue weighted by Crippen LogP contribution is -3.11. The Hall–Kier alpha value is 0.320. The monoisotopic (exact) mass is 229 g/mol. The van der Waals surface area contributed by atoms with Crippen LogP contribution in [0.25, 0.3) is 0 Å². The summed E-state index contributed by atoms with van der Waals surface area (Å²) < 4.78 is 25.6. The SMILES string of the molecule is CC[NH+](CC)CC.[O-][Br+2]([O-])[O-]. The quantitative estimate of drug-likeness (QED) is 0.543. The molecular weight excluding hydrogens is 214 g/mol. The van der Waals surface area contributed by atoms with Crippen LogP contribution in [0.1, 0.15) is 20.8 Å². The van der Waals surface area contributed by atoms with Gasteiger partial charge in [-0.1, -0.05) is 0 Å². The molecule has 0 aromatic rings. The highest BCUT2D eigenvalue weighted by atomic mass is 80.0. The molecule has 0 heterocycles. The van der Waals surface area contributed by atoms with E-state index < -0.39 is 14.8 Å². The lowest BCUT2D eigenvalue weighted by Gasteiger charge is -2.10. The summed E-state index contributed by atoms with van der Waals surface area (Å²) >= 11 is -3.65. The summed E-state index contributed by atoms with van der Waals surface area (Å²) in [4.78, 5) is 1.68. The maximum atomic E-state index is 8.52. The van der Waals surface area contributed by atoms with Gasteiger partial charge in [0.1, 0.15) is 0 Å². The molecule has 0 aliphatic rings. The number of halogens is 1. The van der Waals surface area contributed by atoms with Crippen molar-refractivity contribution in [2.75, 3.05) is 19.6 Å². The molecule has 0 saturated carbocycles. The highest BCUT2D eigenvalue weighted by Gasteiger charge is 1.92. The molecule has 0 aliphatic carbocycles. The minimum atomic E-state index is -3.65. The third-order valence-corrected chi connectivity index (χ3v) is 1.50. The number of quaternary nitrogens is 1. The van der Waals surface area contributed by atoms with Crippen molar-refractivity contribution < 1.29 is 32.3 Å². The van der Waals surface area contributed by atoms with Gasteiger partial charge < -0.3 is 17.5 Å². The van der Waals surface area contributed by atoms with Gasteiger partial charge in [-0.3, -0.25) is 0 Å². The fraction of sp³-hybridized carbons (Fsp3) is 1.00. The van der Waals surface area contributed by atoms with Crippen molar-refractivity contribution in [3.63, 3.8) is 0 Å². The topological polar surface area (TPSA) is 73.6 Å². The maximum absolute atomic E-state index is 8.52. The van der Waals surface area contributed by atoms with Gasteiger partial charge in [0.15, 0.2) is 0 Å². The minimum absolute atomic E-state index is 1.27. The third-order valence-electron chi connectivity index (χ3n) is 1.50. The van der Waals surface area contributed by atoms with Crippen LogP contribution in [-0.4, -0.2) is 19.6 Å². The molecule has 5 heteroatoms. The second kappa shape index (κ2) is 10.3. The first kappa shape index (κ1) is 13.9. The second-order valence-corrected chi connectivity index (χ2v) is 2.79. The molecule has 0 saturated heterocycles. The van der Waals surface area contributed by atoms with Crippen LogP contribution in [0.5, 0.6) is 0 Å². The predicted octanol–water partition coefficient (Wildman–Crippen LogP) is -3.64. The van der Waals surface area contributed by atoms with Gasteiger partial charge in [-0.2, -0.15) is 0 Å². The predicted molar refractivity (Wildman–Crippen MR) is 32.6 cm³/mol. The molecule has 0 aromatic carbocycles. The summed E-state index contributed by atoms with van der Waals surface area (Å²) in [5.41, 5.74) is 0. The highest BCUT2D eigenvalue weighted by Crippen LogP contribution is 1.45. The first-order chi connectivity index (χ1) is 5.08. The smallest absolute Gasteiger partial charge is 0.216 e. The first-order valence-electron chi connectivity index (χ1n) is 3.64. The Bertz CT molecular complexity index is 60.6. The van der Waals surface area contributed by atoms with Gasteiger partial charge in [-0.05, 0) is 20.8 Å². The van der Waals surface area contributed by atoms with Crippen LogP contribution in [-0.2, 0) is 0 Å². The van der Waals surface area contributed by atoms with Gasteiger partial charge in [0, 0.05) is 0 Å². The summed E-state index contributed by atoms with van der Waals surface area (Å²) in [7, 11) is 0. The molecular formula is C6H16BrNO3. The lowest BCUT2D eigenvalue weighted by atomic mass is 10.5. The molecule has 0 unspecified atom stereocenters. The molecule has 4 nitrogen and oxygen atoms in total. The zero-order valence-corrected chi connectivity index (χ0v) is 8.81. The number of rotatable bonds is 3. The molecule has 0 radical (unpaired) electrons. The minimum Gasteiger partial charge on any atom is -0.405 e. The van der Waals surface area contributed by atoms with E-state index in [2.05, 4.69) is 20.8 Å². The van der Waals surface area contributed by atoms with Crippen molar-refractivity contribution in [2.45, 2.75) is 20.8 Å². The number of nitrogens with one attached hydrogen (secondary N) is 1. The van der Waals surface area contributed by atoms with Crippen molar-refractivity contribution >= 4 is 0 Å². The average molecular weight is 230 g/mol. The summed E-state index contributed by atoms with van der Waals surface area (Å²) in [5, 5.41) is 0. The number of hydrogen-bond donors (Lipinski definition) is 1. The summed E-state index contributed by atoms with van der Waals surface area (Å²) in [6.45, 7) is 10.5. The molecule has 11 heavy (non-hydrogen) atoms. The first-order valence-corrected chi connectivity index (χ1v) is 5.59. The van der Waals surface area contributed by atoms with E-state index in [1.54, 1.807) is 4.90 Å². The number of hydrogen-bond acceptors (Lipinski definition) is 3. The molecule has 0 spiro atoms. The normalized spacial score (nSPS) is 9.82. The molecule has 0 amide bonds. The zero-order chi connectivity index (χ0) is 9.28. The Morgan fingerprint density at radius 2 is 1.09 bits per heavy atom. The molecule has 0 atom stereocenters. The van der Waals surface area contributed by atoms with Crippen LogP contribution >= 0.6 is 0 Å². The van der Waals surface area contributed by atoms with Crippen molar-refractivity contribution in [1.29, 1.82) is 0 Å². The van der Waals surface area contributed by atoms with E-state index in [9.17, 15) is 0 Å². The van der Waals surface area contributed by atoms with Crippen LogP contribution < -0.4 is 17.5 Å². The van der Waals surface area contributed by atoms with Gasteiger partial charge in [0.25, 0.3) is 0 Å². The van der Waals surface area contributed by atoms with Crippen LogP contribution in [0.3, 0.4) is 0 Å². The highest BCUT2D eigenvalue weighted by molar-refractivity contribution is 4.11. The molecule has 70 valence electrons. The Balaban J connectivity index is 0. The summed E-state index contributed by atoms with van der Waals surface area (Å²) in [5.74, 6) is 0.